The summed E-state index contributed by atoms with van der Waals surface area (Å²) in [7, 11) is 5.64. The fourth-order valence-corrected chi connectivity index (χ4v) is 2.87. The first-order chi connectivity index (χ1) is 14.2. The van der Waals surface area contributed by atoms with Crippen LogP contribution in [-0.4, -0.2) is 57.9 Å². The van der Waals surface area contributed by atoms with E-state index in [1.54, 1.807) is 0 Å². The third-order valence-corrected chi connectivity index (χ3v) is 4.13. The number of aromatic nitrogens is 6. The maximum absolute atomic E-state index is 12.8. The van der Waals surface area contributed by atoms with Gasteiger partial charge in [0.25, 0.3) is 0 Å². The second kappa shape index (κ2) is 8.10. The van der Waals surface area contributed by atoms with Crippen molar-refractivity contribution in [1.29, 1.82) is 0 Å². The number of tetrazole rings is 1. The highest BCUT2D eigenvalue weighted by atomic mass is 19.4. The molecule has 0 N–H and O–H groups in total. The van der Waals surface area contributed by atoms with Gasteiger partial charge in [-0.2, -0.15) is 9.97 Å². The number of aryl methyl sites for hydroxylation is 1. The number of alkyl halides is 3. The van der Waals surface area contributed by atoms with Crippen LogP contribution in [0.1, 0.15) is 17.2 Å². The van der Waals surface area contributed by atoms with Gasteiger partial charge in [0.05, 0.1) is 20.3 Å². The van der Waals surface area contributed by atoms with Gasteiger partial charge in [-0.15, -0.1) is 18.3 Å². The molecule has 10 nitrogen and oxygen atoms in total. The summed E-state index contributed by atoms with van der Waals surface area (Å²) in [5, 5.41) is 11.4. The largest absolute Gasteiger partial charge is 0.573 e. The van der Waals surface area contributed by atoms with Crippen molar-refractivity contribution in [2.45, 2.75) is 12.0 Å². The fraction of sp³-hybridized carbons (Fsp3) is 0.353. The van der Waals surface area contributed by atoms with E-state index < -0.39 is 17.7 Å². The van der Waals surface area contributed by atoms with Gasteiger partial charge in [0.1, 0.15) is 5.75 Å². The van der Waals surface area contributed by atoms with E-state index in [1.165, 1.54) is 51.3 Å². The van der Waals surface area contributed by atoms with E-state index in [9.17, 15) is 13.2 Å². The zero-order valence-electron chi connectivity index (χ0n) is 16.3. The van der Waals surface area contributed by atoms with Crippen LogP contribution in [0.25, 0.3) is 0 Å². The third kappa shape index (κ3) is 3.96. The minimum atomic E-state index is -4.88. The van der Waals surface area contributed by atoms with Crippen molar-refractivity contribution in [3.05, 3.63) is 47.5 Å². The van der Waals surface area contributed by atoms with Gasteiger partial charge in [-0.25, -0.2) is 4.68 Å². The normalized spacial score (nSPS) is 13.6. The lowest BCUT2D eigenvalue weighted by Gasteiger charge is -2.30. The Balaban J connectivity index is 2.30. The predicted octanol–water partition coefficient (Wildman–Crippen LogP) is 1.85. The Labute approximate surface area is 168 Å². The van der Waals surface area contributed by atoms with Crippen LogP contribution < -0.4 is 14.2 Å². The lowest BCUT2D eigenvalue weighted by atomic mass is 9.91. The summed E-state index contributed by atoms with van der Waals surface area (Å²) in [6.45, 7) is 0. The molecular weight excluding hydrogens is 409 g/mol. The van der Waals surface area contributed by atoms with E-state index in [1.807, 2.05) is 0 Å². The van der Waals surface area contributed by atoms with E-state index in [-0.39, 0.29) is 29.0 Å². The minimum absolute atomic E-state index is 0.0248. The van der Waals surface area contributed by atoms with Gasteiger partial charge in [0, 0.05) is 19.7 Å². The fourth-order valence-electron chi connectivity index (χ4n) is 2.87. The van der Waals surface area contributed by atoms with Gasteiger partial charge >= 0.3 is 6.36 Å². The van der Waals surface area contributed by atoms with Crippen LogP contribution in [0.2, 0.25) is 0 Å². The Morgan fingerprint density at radius 1 is 0.967 bits per heavy atom. The lowest BCUT2D eigenvalue weighted by Crippen LogP contribution is -2.37. The van der Waals surface area contributed by atoms with Crippen molar-refractivity contribution in [3.8, 4) is 17.5 Å². The zero-order chi connectivity index (χ0) is 21.9. The number of benzene rings is 1. The highest BCUT2D eigenvalue weighted by Gasteiger charge is 2.46. The molecule has 0 spiro atoms. The molecule has 0 saturated carbocycles. The highest BCUT2D eigenvalue weighted by Crippen LogP contribution is 2.39. The number of rotatable bonds is 7. The zero-order valence-corrected chi connectivity index (χ0v) is 16.3. The Morgan fingerprint density at radius 3 is 2.13 bits per heavy atom. The summed E-state index contributed by atoms with van der Waals surface area (Å²) in [5.41, 5.74) is -1.54. The molecule has 30 heavy (non-hydrogen) atoms. The molecule has 1 unspecified atom stereocenters. The molecule has 1 aromatic carbocycles. The number of hydrogen-bond acceptors (Lipinski definition) is 9. The van der Waals surface area contributed by atoms with Gasteiger partial charge < -0.3 is 18.9 Å². The van der Waals surface area contributed by atoms with Crippen LogP contribution in [0, 0.1) is 0 Å². The summed E-state index contributed by atoms with van der Waals surface area (Å²) in [4.78, 5) is 8.62. The van der Waals surface area contributed by atoms with E-state index in [0.29, 0.717) is 0 Å². The molecule has 0 saturated heterocycles. The molecule has 0 bridgehead atoms. The Kier molecular flexibility index (Phi) is 5.73. The summed E-state index contributed by atoms with van der Waals surface area (Å²) in [5.74, 6) is -0.119. The van der Waals surface area contributed by atoms with E-state index in [0.717, 1.165) is 12.1 Å². The van der Waals surface area contributed by atoms with Crippen molar-refractivity contribution in [1.82, 2.24) is 30.2 Å². The molecule has 13 heteroatoms. The minimum Gasteiger partial charge on any atom is -0.481 e. The van der Waals surface area contributed by atoms with Gasteiger partial charge in [0.2, 0.25) is 17.4 Å². The van der Waals surface area contributed by atoms with E-state index in [2.05, 4.69) is 30.2 Å². The maximum Gasteiger partial charge on any atom is 0.573 e. The van der Waals surface area contributed by atoms with Crippen molar-refractivity contribution in [2.75, 3.05) is 21.3 Å². The topological polar surface area (TPSA) is 106 Å². The van der Waals surface area contributed by atoms with Crippen LogP contribution in [-0.2, 0) is 17.4 Å². The van der Waals surface area contributed by atoms with E-state index >= 15 is 0 Å². The molecule has 3 rings (SSSR count). The standard InChI is InChI=1S/C17H17F3N6O4/c1-26-15(23-24-25-26)16(29-4,14-21-12(27-2)9-13(22-14)28-3)10-6-5-7-11(8-10)30-17(18,19)20/h5-9H,1-4H3. The van der Waals surface area contributed by atoms with Gasteiger partial charge in [-0.3, -0.25) is 0 Å². The molecule has 0 aliphatic heterocycles. The molecule has 3 aromatic rings. The third-order valence-electron chi connectivity index (χ3n) is 4.13. The first-order valence-corrected chi connectivity index (χ1v) is 8.35. The van der Waals surface area contributed by atoms with Crippen molar-refractivity contribution in [3.63, 3.8) is 0 Å². The highest BCUT2D eigenvalue weighted by molar-refractivity contribution is 5.42. The van der Waals surface area contributed by atoms with Gasteiger partial charge in [0.15, 0.2) is 11.6 Å². The quantitative estimate of drug-likeness (QED) is 0.559. The molecule has 0 amide bonds. The molecule has 0 radical (unpaired) electrons. The molecule has 0 aliphatic carbocycles. The molecule has 2 heterocycles. The van der Waals surface area contributed by atoms with Gasteiger partial charge in [-0.05, 0) is 22.6 Å². The molecular formula is C17H17F3N6O4. The van der Waals surface area contributed by atoms with Crippen LogP contribution in [0.5, 0.6) is 17.5 Å². The Morgan fingerprint density at radius 2 is 1.63 bits per heavy atom. The van der Waals surface area contributed by atoms with Crippen LogP contribution in [0.15, 0.2) is 30.3 Å². The van der Waals surface area contributed by atoms with E-state index in [4.69, 9.17) is 14.2 Å². The average molecular weight is 426 g/mol. The summed E-state index contributed by atoms with van der Waals surface area (Å²) in [6, 6.07) is 6.60. The summed E-state index contributed by atoms with van der Waals surface area (Å²) >= 11 is 0. The van der Waals surface area contributed by atoms with Crippen molar-refractivity contribution in [2.24, 2.45) is 7.05 Å². The smallest absolute Gasteiger partial charge is 0.481 e. The second-order valence-electron chi connectivity index (χ2n) is 5.86. The SMILES string of the molecule is COc1cc(OC)nc(C(OC)(c2cccc(OC(F)(F)F)c2)c2nnnn2C)n1. The van der Waals surface area contributed by atoms with Crippen LogP contribution in [0.4, 0.5) is 13.2 Å². The number of ether oxygens (including phenoxy) is 4. The second-order valence-corrected chi connectivity index (χ2v) is 5.86. The van der Waals surface area contributed by atoms with Crippen LogP contribution >= 0.6 is 0 Å². The average Bonchev–Trinajstić information content (AvgIpc) is 3.14. The maximum atomic E-state index is 12.8. The van der Waals surface area contributed by atoms with Crippen LogP contribution in [0.3, 0.4) is 0 Å². The monoisotopic (exact) mass is 426 g/mol. The molecule has 160 valence electrons. The molecule has 2 aromatic heterocycles. The first-order valence-electron chi connectivity index (χ1n) is 8.35. The summed E-state index contributed by atoms with van der Waals surface area (Å²) < 4.78 is 59.8. The Bertz CT molecular complexity index is 1010. The Hall–Kier alpha value is -3.48. The number of halogens is 3. The molecule has 0 aliphatic rings. The number of methoxy groups -OCH3 is 3. The predicted molar refractivity (Wildman–Crippen MR) is 94.0 cm³/mol. The molecule has 0 fully saturated rings. The first kappa shape index (κ1) is 21.2. The number of hydrogen-bond donors (Lipinski definition) is 0. The van der Waals surface area contributed by atoms with Gasteiger partial charge in [-0.1, -0.05) is 12.1 Å². The lowest BCUT2D eigenvalue weighted by molar-refractivity contribution is -0.274. The molecule has 1 atom stereocenters. The summed E-state index contributed by atoms with van der Waals surface area (Å²) in [6.07, 6.45) is -4.88. The number of nitrogens with zero attached hydrogens (tertiary/aromatic N) is 6. The van der Waals surface area contributed by atoms with Crippen molar-refractivity contribution < 1.29 is 32.1 Å². The van der Waals surface area contributed by atoms with Crippen molar-refractivity contribution >= 4 is 0 Å².